The molecule has 0 aliphatic heterocycles. The van der Waals surface area contributed by atoms with Crippen molar-refractivity contribution in [2.24, 2.45) is 0 Å². The fourth-order valence-electron chi connectivity index (χ4n) is 8.02. The number of para-hydroxylation sites is 2. The SMILES string of the molecule is c1ccc(-c2cccc(N(c3ccc(-c4cccc5c4oc4ccccc45)cc3)c3ccc4ccc5ccc6nc(-c7ccccc7)oc6c5c4c3)c2)cc1. The average molecular weight is 705 g/mol. The quantitative estimate of drug-likeness (QED) is 0.162. The maximum Gasteiger partial charge on any atom is 0.227 e. The van der Waals surface area contributed by atoms with Crippen LogP contribution in [0.15, 0.2) is 203 Å². The molecule has 0 fully saturated rings. The van der Waals surface area contributed by atoms with E-state index in [1.807, 2.05) is 42.5 Å². The Morgan fingerprint density at radius 2 is 1.04 bits per heavy atom. The van der Waals surface area contributed by atoms with E-state index in [0.29, 0.717) is 5.89 Å². The van der Waals surface area contributed by atoms with Crippen LogP contribution in [0.25, 0.3) is 88.3 Å². The highest BCUT2D eigenvalue weighted by Gasteiger charge is 2.19. The summed E-state index contributed by atoms with van der Waals surface area (Å²) in [5, 5.41) is 6.65. The molecule has 0 bridgehead atoms. The Morgan fingerprint density at radius 1 is 0.382 bits per heavy atom. The second kappa shape index (κ2) is 12.6. The molecule has 0 unspecified atom stereocenters. The Morgan fingerprint density at radius 3 is 1.89 bits per heavy atom. The summed E-state index contributed by atoms with van der Waals surface area (Å²) >= 11 is 0. The molecule has 9 aromatic carbocycles. The maximum absolute atomic E-state index is 6.58. The molecular formula is C51H32N2O2. The van der Waals surface area contributed by atoms with Crippen LogP contribution in [0, 0.1) is 0 Å². The molecule has 0 N–H and O–H groups in total. The topological polar surface area (TPSA) is 42.4 Å². The molecule has 4 nitrogen and oxygen atoms in total. The highest BCUT2D eigenvalue weighted by Crippen LogP contribution is 2.42. The van der Waals surface area contributed by atoms with Crippen molar-refractivity contribution in [2.75, 3.05) is 4.90 Å². The number of furan rings is 1. The first-order valence-electron chi connectivity index (χ1n) is 18.5. The molecule has 0 atom stereocenters. The van der Waals surface area contributed by atoms with Crippen molar-refractivity contribution in [2.45, 2.75) is 0 Å². The molecule has 0 saturated heterocycles. The second-order valence-corrected chi connectivity index (χ2v) is 13.9. The number of anilines is 3. The van der Waals surface area contributed by atoms with Gasteiger partial charge in [0.2, 0.25) is 5.89 Å². The van der Waals surface area contributed by atoms with Crippen molar-refractivity contribution in [3.63, 3.8) is 0 Å². The Labute approximate surface area is 317 Å². The number of oxazole rings is 1. The van der Waals surface area contributed by atoms with Gasteiger partial charge in [-0.2, -0.15) is 0 Å². The summed E-state index contributed by atoms with van der Waals surface area (Å²) in [6, 6.07) is 68.1. The van der Waals surface area contributed by atoms with E-state index in [4.69, 9.17) is 13.8 Å². The van der Waals surface area contributed by atoms with E-state index < -0.39 is 0 Å². The van der Waals surface area contributed by atoms with E-state index in [1.54, 1.807) is 0 Å². The summed E-state index contributed by atoms with van der Waals surface area (Å²) in [6.45, 7) is 0. The third kappa shape index (κ3) is 5.26. The Balaban J connectivity index is 1.09. The molecule has 2 heterocycles. The predicted octanol–water partition coefficient (Wildman–Crippen LogP) is 14.5. The summed E-state index contributed by atoms with van der Waals surface area (Å²) in [6.07, 6.45) is 0. The molecule has 55 heavy (non-hydrogen) atoms. The van der Waals surface area contributed by atoms with Crippen LogP contribution in [0.4, 0.5) is 17.1 Å². The largest absolute Gasteiger partial charge is 0.455 e. The number of fused-ring (bicyclic) bond motifs is 8. The van der Waals surface area contributed by atoms with E-state index in [0.717, 1.165) is 93.9 Å². The summed E-state index contributed by atoms with van der Waals surface area (Å²) in [5.41, 5.74) is 12.0. The molecular weight excluding hydrogens is 673 g/mol. The zero-order valence-corrected chi connectivity index (χ0v) is 29.7. The number of rotatable bonds is 6. The van der Waals surface area contributed by atoms with Crippen LogP contribution < -0.4 is 4.90 Å². The lowest BCUT2D eigenvalue weighted by atomic mass is 9.99. The van der Waals surface area contributed by atoms with Crippen LogP contribution in [-0.2, 0) is 0 Å². The smallest absolute Gasteiger partial charge is 0.227 e. The van der Waals surface area contributed by atoms with Gasteiger partial charge in [0, 0.05) is 44.3 Å². The fourth-order valence-corrected chi connectivity index (χ4v) is 8.02. The summed E-state index contributed by atoms with van der Waals surface area (Å²) in [5.74, 6) is 0.619. The summed E-state index contributed by atoms with van der Waals surface area (Å²) in [4.78, 5) is 7.25. The van der Waals surface area contributed by atoms with Crippen molar-refractivity contribution in [3.8, 4) is 33.7 Å². The number of benzene rings is 9. The Hall–Kier alpha value is -7.43. The van der Waals surface area contributed by atoms with Gasteiger partial charge in [-0.3, -0.25) is 0 Å². The molecule has 0 saturated carbocycles. The number of hydrogen-bond donors (Lipinski definition) is 0. The van der Waals surface area contributed by atoms with Gasteiger partial charge in [-0.05, 0) is 93.5 Å². The number of hydrogen-bond acceptors (Lipinski definition) is 4. The minimum atomic E-state index is 0.619. The van der Waals surface area contributed by atoms with Gasteiger partial charge < -0.3 is 13.7 Å². The molecule has 11 aromatic rings. The molecule has 0 amide bonds. The van der Waals surface area contributed by atoms with Gasteiger partial charge in [0.15, 0.2) is 5.58 Å². The monoisotopic (exact) mass is 704 g/mol. The maximum atomic E-state index is 6.58. The first kappa shape index (κ1) is 31.1. The van der Waals surface area contributed by atoms with Crippen molar-refractivity contribution in [3.05, 3.63) is 194 Å². The van der Waals surface area contributed by atoms with E-state index in [9.17, 15) is 0 Å². The Kier molecular flexibility index (Phi) is 7.14. The minimum Gasteiger partial charge on any atom is -0.455 e. The number of aromatic nitrogens is 1. The van der Waals surface area contributed by atoms with Crippen LogP contribution in [-0.4, -0.2) is 4.98 Å². The lowest BCUT2D eigenvalue weighted by Gasteiger charge is -2.27. The predicted molar refractivity (Wildman–Crippen MR) is 227 cm³/mol. The molecule has 0 aliphatic rings. The van der Waals surface area contributed by atoms with Crippen LogP contribution in [0.3, 0.4) is 0 Å². The number of nitrogens with zero attached hydrogens (tertiary/aromatic N) is 2. The fraction of sp³-hybridized carbons (Fsp3) is 0. The zero-order chi connectivity index (χ0) is 36.3. The molecule has 0 spiro atoms. The summed E-state index contributed by atoms with van der Waals surface area (Å²) < 4.78 is 13.0. The lowest BCUT2D eigenvalue weighted by Crippen LogP contribution is -2.10. The van der Waals surface area contributed by atoms with E-state index in [2.05, 4.69) is 157 Å². The highest BCUT2D eigenvalue weighted by molar-refractivity contribution is 6.19. The third-order valence-corrected chi connectivity index (χ3v) is 10.7. The molecule has 0 aliphatic carbocycles. The zero-order valence-electron chi connectivity index (χ0n) is 29.7. The van der Waals surface area contributed by atoms with E-state index in [-0.39, 0.29) is 0 Å². The minimum absolute atomic E-state index is 0.619. The van der Waals surface area contributed by atoms with Crippen LogP contribution in [0.1, 0.15) is 0 Å². The van der Waals surface area contributed by atoms with Gasteiger partial charge in [0.05, 0.1) is 0 Å². The Bertz CT molecular complexity index is 3200. The lowest BCUT2D eigenvalue weighted by molar-refractivity contribution is 0.623. The molecule has 11 rings (SSSR count). The van der Waals surface area contributed by atoms with Crippen molar-refractivity contribution in [1.82, 2.24) is 4.98 Å². The molecule has 258 valence electrons. The van der Waals surface area contributed by atoms with Crippen molar-refractivity contribution < 1.29 is 8.83 Å². The average Bonchev–Trinajstić information content (AvgIpc) is 3.87. The second-order valence-electron chi connectivity index (χ2n) is 13.9. The molecule has 0 radical (unpaired) electrons. The van der Waals surface area contributed by atoms with Crippen molar-refractivity contribution in [1.29, 1.82) is 0 Å². The van der Waals surface area contributed by atoms with Gasteiger partial charge in [-0.15, -0.1) is 0 Å². The third-order valence-electron chi connectivity index (χ3n) is 10.7. The molecule has 2 aromatic heterocycles. The van der Waals surface area contributed by atoms with Gasteiger partial charge in [-0.25, -0.2) is 4.98 Å². The van der Waals surface area contributed by atoms with Gasteiger partial charge >= 0.3 is 0 Å². The van der Waals surface area contributed by atoms with Gasteiger partial charge in [-0.1, -0.05) is 133 Å². The van der Waals surface area contributed by atoms with Crippen molar-refractivity contribution >= 4 is 71.6 Å². The normalized spacial score (nSPS) is 11.6. The summed E-state index contributed by atoms with van der Waals surface area (Å²) in [7, 11) is 0. The highest BCUT2D eigenvalue weighted by atomic mass is 16.3. The van der Waals surface area contributed by atoms with Gasteiger partial charge in [0.1, 0.15) is 16.7 Å². The van der Waals surface area contributed by atoms with E-state index >= 15 is 0 Å². The van der Waals surface area contributed by atoms with Gasteiger partial charge in [0.25, 0.3) is 0 Å². The van der Waals surface area contributed by atoms with E-state index in [1.165, 1.54) is 5.56 Å². The first-order chi connectivity index (χ1) is 27.2. The molecule has 4 heteroatoms. The standard InChI is InChI=1S/C51H32N2O2/c1-3-11-33(12-4-1)38-15-9-16-40(31-38)53(39-27-23-34(24-28-39)42-18-10-19-44-43-17-7-8-20-47(43)54-49(42)44)41-29-25-35-21-22-36-26-30-46-50(48(36)45(35)32-41)55-51(52-46)37-13-5-2-6-14-37/h1-32H. The van der Waals surface area contributed by atoms with Crippen LogP contribution in [0.5, 0.6) is 0 Å². The first-order valence-corrected chi connectivity index (χ1v) is 18.5. The van der Waals surface area contributed by atoms with Crippen LogP contribution >= 0.6 is 0 Å². The van der Waals surface area contributed by atoms with Crippen LogP contribution in [0.2, 0.25) is 0 Å².